The van der Waals surface area contributed by atoms with Crippen LogP contribution < -0.4 is 0 Å². The van der Waals surface area contributed by atoms with Crippen molar-refractivity contribution in [2.75, 3.05) is 7.05 Å². The summed E-state index contributed by atoms with van der Waals surface area (Å²) < 4.78 is 0. The summed E-state index contributed by atoms with van der Waals surface area (Å²) in [4.78, 5) is 0. The zero-order chi connectivity index (χ0) is 8.69. The maximum atomic E-state index is 3.94. The van der Waals surface area contributed by atoms with Crippen LogP contribution in [0.15, 0.2) is 22.0 Å². The van der Waals surface area contributed by atoms with Crippen LogP contribution in [-0.2, 0) is 0 Å². The fourth-order valence-electron chi connectivity index (χ4n) is 0.573. The first-order chi connectivity index (χ1) is 5.22. The van der Waals surface area contributed by atoms with E-state index >= 15 is 0 Å². The fourth-order valence-corrected chi connectivity index (χ4v) is 0.573. The van der Waals surface area contributed by atoms with Gasteiger partial charge in [-0.2, -0.15) is 10.2 Å². The van der Waals surface area contributed by atoms with Crippen LogP contribution in [0.5, 0.6) is 0 Å². The van der Waals surface area contributed by atoms with E-state index in [9.17, 15) is 0 Å². The van der Waals surface area contributed by atoms with Gasteiger partial charge in [0.1, 0.15) is 0 Å². The SMILES string of the molecule is CC#C/C=C(\N=N/C)C(C)C. The molecule has 0 aliphatic rings. The van der Waals surface area contributed by atoms with Crippen LogP contribution >= 0.6 is 0 Å². The number of allylic oxidation sites excluding steroid dienone is 2. The van der Waals surface area contributed by atoms with Crippen molar-refractivity contribution in [3.8, 4) is 11.8 Å². The highest BCUT2D eigenvalue weighted by molar-refractivity contribution is 5.20. The minimum absolute atomic E-state index is 0.388. The first-order valence-corrected chi connectivity index (χ1v) is 3.64. The Hall–Kier alpha value is -1.10. The van der Waals surface area contributed by atoms with Gasteiger partial charge in [-0.3, -0.25) is 0 Å². The molecule has 0 aliphatic carbocycles. The zero-order valence-electron chi connectivity index (χ0n) is 7.55. The second kappa shape index (κ2) is 5.67. The van der Waals surface area contributed by atoms with Gasteiger partial charge in [-0.1, -0.05) is 19.8 Å². The second-order valence-electron chi connectivity index (χ2n) is 2.42. The van der Waals surface area contributed by atoms with Gasteiger partial charge in [-0.15, -0.1) is 5.92 Å². The Morgan fingerprint density at radius 2 is 2.09 bits per heavy atom. The van der Waals surface area contributed by atoms with E-state index in [2.05, 4.69) is 35.9 Å². The zero-order valence-corrected chi connectivity index (χ0v) is 7.55. The predicted octanol–water partition coefficient (Wildman–Crippen LogP) is 2.63. The standard InChI is InChI=1S/C9H14N2/c1-5-6-7-9(8(2)3)11-10-4/h7-8H,1-4H3/b9-7-,11-10-. The quantitative estimate of drug-likeness (QED) is 0.427. The van der Waals surface area contributed by atoms with Gasteiger partial charge in [-0.05, 0) is 12.8 Å². The lowest BCUT2D eigenvalue weighted by atomic mass is 10.1. The summed E-state index contributed by atoms with van der Waals surface area (Å²) in [5.74, 6) is 6.02. The topological polar surface area (TPSA) is 24.7 Å². The van der Waals surface area contributed by atoms with Gasteiger partial charge in [0.25, 0.3) is 0 Å². The second-order valence-corrected chi connectivity index (χ2v) is 2.42. The van der Waals surface area contributed by atoms with Gasteiger partial charge >= 0.3 is 0 Å². The molecule has 11 heavy (non-hydrogen) atoms. The van der Waals surface area contributed by atoms with Crippen molar-refractivity contribution in [1.29, 1.82) is 0 Å². The Balaban J connectivity index is 4.41. The Morgan fingerprint density at radius 1 is 1.45 bits per heavy atom. The van der Waals surface area contributed by atoms with Crippen molar-refractivity contribution in [3.05, 3.63) is 11.8 Å². The van der Waals surface area contributed by atoms with Crippen molar-refractivity contribution in [1.82, 2.24) is 0 Å². The Morgan fingerprint density at radius 3 is 2.45 bits per heavy atom. The van der Waals surface area contributed by atoms with Gasteiger partial charge in [0.15, 0.2) is 0 Å². The molecule has 0 saturated carbocycles. The number of hydrogen-bond acceptors (Lipinski definition) is 2. The lowest BCUT2D eigenvalue weighted by Gasteiger charge is -2.00. The van der Waals surface area contributed by atoms with E-state index in [4.69, 9.17) is 0 Å². The highest BCUT2D eigenvalue weighted by atomic mass is 15.1. The Labute approximate surface area is 68.4 Å². The molecular weight excluding hydrogens is 136 g/mol. The fraction of sp³-hybridized carbons (Fsp3) is 0.556. The third-order valence-corrected chi connectivity index (χ3v) is 1.17. The molecule has 0 aliphatic heterocycles. The third kappa shape index (κ3) is 4.32. The maximum absolute atomic E-state index is 3.94. The van der Waals surface area contributed by atoms with Crippen molar-refractivity contribution < 1.29 is 0 Å². The minimum Gasteiger partial charge on any atom is -0.192 e. The summed E-state index contributed by atoms with van der Waals surface area (Å²) in [5, 5.41) is 7.64. The summed E-state index contributed by atoms with van der Waals surface area (Å²) in [5.41, 5.74) is 0.932. The molecule has 2 heteroatoms. The highest BCUT2D eigenvalue weighted by Crippen LogP contribution is 2.09. The Bertz CT molecular complexity index is 213. The van der Waals surface area contributed by atoms with Crippen LogP contribution in [0.3, 0.4) is 0 Å². The number of hydrogen-bond donors (Lipinski definition) is 0. The van der Waals surface area contributed by atoms with Gasteiger partial charge in [0.2, 0.25) is 0 Å². The van der Waals surface area contributed by atoms with Crippen LogP contribution in [0, 0.1) is 17.8 Å². The van der Waals surface area contributed by atoms with E-state index in [1.165, 1.54) is 0 Å². The molecule has 0 amide bonds. The number of azo groups is 1. The molecule has 0 spiro atoms. The summed E-state index contributed by atoms with van der Waals surface area (Å²) in [6.45, 7) is 5.94. The first kappa shape index (κ1) is 9.90. The first-order valence-electron chi connectivity index (χ1n) is 3.64. The smallest absolute Gasteiger partial charge is 0.0734 e. The van der Waals surface area contributed by atoms with E-state index in [1.807, 2.05) is 0 Å². The van der Waals surface area contributed by atoms with Gasteiger partial charge in [0, 0.05) is 13.1 Å². The highest BCUT2D eigenvalue weighted by Gasteiger charge is 1.98. The molecule has 0 aromatic carbocycles. The number of rotatable bonds is 2. The molecule has 0 unspecified atom stereocenters. The van der Waals surface area contributed by atoms with Crippen LogP contribution in [0.2, 0.25) is 0 Å². The normalized spacial score (nSPS) is 11.9. The molecule has 0 rings (SSSR count). The molecule has 0 bridgehead atoms. The van der Waals surface area contributed by atoms with Crippen molar-refractivity contribution >= 4 is 0 Å². The molecule has 0 fully saturated rings. The van der Waals surface area contributed by atoms with Crippen molar-refractivity contribution in [2.24, 2.45) is 16.1 Å². The van der Waals surface area contributed by atoms with Crippen LogP contribution in [0.4, 0.5) is 0 Å². The Kier molecular flexibility index (Phi) is 5.10. The van der Waals surface area contributed by atoms with E-state index < -0.39 is 0 Å². The maximum Gasteiger partial charge on any atom is 0.0734 e. The van der Waals surface area contributed by atoms with Crippen molar-refractivity contribution in [2.45, 2.75) is 20.8 Å². The average molecular weight is 150 g/mol. The van der Waals surface area contributed by atoms with Crippen LogP contribution in [-0.4, -0.2) is 7.05 Å². The molecule has 0 aromatic heterocycles. The van der Waals surface area contributed by atoms with E-state index in [0.717, 1.165) is 5.70 Å². The number of nitrogens with zero attached hydrogens (tertiary/aromatic N) is 2. The monoisotopic (exact) mass is 150 g/mol. The lowest BCUT2D eigenvalue weighted by molar-refractivity contribution is 0.740. The molecule has 0 N–H and O–H groups in total. The summed E-state index contributed by atoms with van der Waals surface area (Å²) in [6.07, 6.45) is 1.80. The summed E-state index contributed by atoms with van der Waals surface area (Å²) >= 11 is 0. The van der Waals surface area contributed by atoms with Crippen LogP contribution in [0.1, 0.15) is 20.8 Å². The molecule has 0 atom stereocenters. The van der Waals surface area contributed by atoms with E-state index in [1.54, 1.807) is 20.0 Å². The molecular formula is C9H14N2. The van der Waals surface area contributed by atoms with Gasteiger partial charge in [0.05, 0.1) is 5.70 Å². The van der Waals surface area contributed by atoms with Gasteiger partial charge < -0.3 is 0 Å². The largest absolute Gasteiger partial charge is 0.192 e. The van der Waals surface area contributed by atoms with Gasteiger partial charge in [-0.25, -0.2) is 0 Å². The predicted molar refractivity (Wildman–Crippen MR) is 47.2 cm³/mol. The summed E-state index contributed by atoms with van der Waals surface area (Å²) in [7, 11) is 1.66. The molecule has 0 heterocycles. The summed E-state index contributed by atoms with van der Waals surface area (Å²) in [6, 6.07) is 0. The van der Waals surface area contributed by atoms with E-state index in [-0.39, 0.29) is 0 Å². The van der Waals surface area contributed by atoms with E-state index in [0.29, 0.717) is 5.92 Å². The average Bonchev–Trinajstić information content (AvgIpc) is 1.97. The minimum atomic E-state index is 0.388. The molecule has 2 nitrogen and oxygen atoms in total. The van der Waals surface area contributed by atoms with Crippen LogP contribution in [0.25, 0.3) is 0 Å². The molecule has 0 aromatic rings. The molecule has 0 radical (unpaired) electrons. The third-order valence-electron chi connectivity index (χ3n) is 1.17. The molecule has 0 saturated heterocycles. The van der Waals surface area contributed by atoms with Crippen molar-refractivity contribution in [3.63, 3.8) is 0 Å². The molecule has 60 valence electrons. The lowest BCUT2D eigenvalue weighted by Crippen LogP contribution is -1.88.